The van der Waals surface area contributed by atoms with Crippen LogP contribution in [0.2, 0.25) is 0 Å². The van der Waals surface area contributed by atoms with Crippen molar-refractivity contribution in [3.05, 3.63) is 0 Å². The summed E-state index contributed by atoms with van der Waals surface area (Å²) in [7, 11) is 0. The van der Waals surface area contributed by atoms with Gasteiger partial charge in [-0.15, -0.1) is 0 Å². The topological polar surface area (TPSA) is 52.6 Å². The van der Waals surface area contributed by atoms with E-state index in [9.17, 15) is 9.59 Å². The van der Waals surface area contributed by atoms with Gasteiger partial charge in [-0.05, 0) is 39.0 Å². The molecule has 0 saturated heterocycles. The zero-order chi connectivity index (χ0) is 22.0. The number of esters is 2. The summed E-state index contributed by atoms with van der Waals surface area (Å²) < 4.78 is 10.6. The zero-order valence-electron chi connectivity index (χ0n) is 20.0. The number of unbranched alkanes of at least 4 members (excludes halogenated alkanes) is 11. The Morgan fingerprint density at radius 2 is 1.03 bits per heavy atom. The molecule has 0 unspecified atom stereocenters. The predicted molar refractivity (Wildman–Crippen MR) is 121 cm³/mol. The Morgan fingerprint density at radius 3 is 1.45 bits per heavy atom. The van der Waals surface area contributed by atoms with Gasteiger partial charge in [0.2, 0.25) is 0 Å². The van der Waals surface area contributed by atoms with Crippen LogP contribution >= 0.6 is 0 Å². The maximum Gasteiger partial charge on any atom is 0.322 e. The minimum Gasteiger partial charge on any atom is -0.465 e. The molecule has 29 heavy (non-hydrogen) atoms. The van der Waals surface area contributed by atoms with Crippen LogP contribution in [-0.2, 0) is 19.1 Å². The summed E-state index contributed by atoms with van der Waals surface area (Å²) in [6.07, 6.45) is 17.1. The van der Waals surface area contributed by atoms with Gasteiger partial charge >= 0.3 is 11.9 Å². The highest BCUT2D eigenvalue weighted by molar-refractivity contribution is 5.99. The van der Waals surface area contributed by atoms with Crippen molar-refractivity contribution in [2.24, 2.45) is 11.3 Å². The summed E-state index contributed by atoms with van der Waals surface area (Å²) in [4.78, 5) is 24.4. The van der Waals surface area contributed by atoms with E-state index in [-0.39, 0.29) is 0 Å². The second-order valence-electron chi connectivity index (χ2n) is 9.32. The number of rotatable bonds is 19. The highest BCUT2D eigenvalue weighted by Crippen LogP contribution is 2.20. The summed E-state index contributed by atoms with van der Waals surface area (Å²) in [5.41, 5.74) is -1.23. The smallest absolute Gasteiger partial charge is 0.322 e. The third kappa shape index (κ3) is 15.4. The van der Waals surface area contributed by atoms with Crippen molar-refractivity contribution in [1.29, 1.82) is 0 Å². The van der Waals surface area contributed by atoms with E-state index >= 15 is 0 Å². The molecule has 0 aromatic heterocycles. The molecule has 0 aromatic carbocycles. The molecule has 0 spiro atoms. The summed E-state index contributed by atoms with van der Waals surface area (Å²) in [6, 6.07) is 0. The molecule has 0 radical (unpaired) electrons. The Labute approximate surface area is 180 Å². The lowest BCUT2D eigenvalue weighted by molar-refractivity contribution is -0.170. The number of hydrogen-bond donors (Lipinski definition) is 0. The van der Waals surface area contributed by atoms with Crippen LogP contribution in [0, 0.1) is 11.3 Å². The van der Waals surface area contributed by atoms with Crippen LogP contribution in [0.5, 0.6) is 0 Å². The van der Waals surface area contributed by atoms with Crippen LogP contribution in [0.1, 0.15) is 125 Å². The molecule has 0 aliphatic carbocycles. The lowest BCUT2D eigenvalue weighted by atomic mass is 9.94. The maximum absolute atomic E-state index is 12.2. The first kappa shape index (κ1) is 27.9. The fourth-order valence-corrected chi connectivity index (χ4v) is 3.21. The van der Waals surface area contributed by atoms with E-state index in [0.29, 0.717) is 19.1 Å². The first-order valence-corrected chi connectivity index (χ1v) is 12.2. The summed E-state index contributed by atoms with van der Waals surface area (Å²) in [6.45, 7) is 10.5. The van der Waals surface area contributed by atoms with Gasteiger partial charge in [0, 0.05) is 0 Å². The van der Waals surface area contributed by atoms with Crippen molar-refractivity contribution in [3.63, 3.8) is 0 Å². The van der Waals surface area contributed by atoms with Crippen molar-refractivity contribution in [2.75, 3.05) is 13.2 Å². The molecular formula is C25H48O4. The van der Waals surface area contributed by atoms with E-state index in [1.165, 1.54) is 64.2 Å². The molecule has 0 aromatic rings. The van der Waals surface area contributed by atoms with Crippen molar-refractivity contribution >= 4 is 11.9 Å². The molecule has 0 N–H and O–H groups in total. The number of carbonyl (C=O) groups is 2. The highest BCUT2D eigenvalue weighted by Gasteiger charge is 2.39. The van der Waals surface area contributed by atoms with Crippen LogP contribution in [0.4, 0.5) is 0 Å². The van der Waals surface area contributed by atoms with E-state index in [1.54, 1.807) is 13.8 Å². The van der Waals surface area contributed by atoms with E-state index < -0.39 is 17.4 Å². The molecular weight excluding hydrogens is 364 g/mol. The second kappa shape index (κ2) is 17.8. The molecule has 4 heteroatoms. The summed E-state index contributed by atoms with van der Waals surface area (Å²) in [5, 5.41) is 0. The monoisotopic (exact) mass is 412 g/mol. The largest absolute Gasteiger partial charge is 0.465 e. The Balaban J connectivity index is 3.65. The molecule has 4 nitrogen and oxygen atoms in total. The van der Waals surface area contributed by atoms with Gasteiger partial charge in [0.15, 0.2) is 5.41 Å². The maximum atomic E-state index is 12.2. The van der Waals surface area contributed by atoms with Gasteiger partial charge in [0.05, 0.1) is 13.2 Å². The zero-order valence-corrected chi connectivity index (χ0v) is 20.0. The van der Waals surface area contributed by atoms with E-state index in [1.807, 2.05) is 0 Å². The van der Waals surface area contributed by atoms with Crippen molar-refractivity contribution < 1.29 is 19.1 Å². The minimum atomic E-state index is -1.23. The average molecular weight is 413 g/mol. The van der Waals surface area contributed by atoms with Crippen LogP contribution in [-0.4, -0.2) is 25.2 Å². The Bertz CT molecular complexity index is 415. The van der Waals surface area contributed by atoms with Crippen molar-refractivity contribution in [1.82, 2.24) is 0 Å². The molecule has 0 bridgehead atoms. The minimum absolute atomic E-state index is 0.368. The molecule has 0 aliphatic heterocycles. The molecule has 0 saturated carbocycles. The third-order valence-corrected chi connectivity index (χ3v) is 5.41. The summed E-state index contributed by atoms with van der Waals surface area (Å²) in [5.74, 6) is -0.377. The SMILES string of the molecule is CCCCCCCCCCCCCCOC(=O)C(C)(C)C(=O)OCCCC(C)C. The van der Waals surface area contributed by atoms with Crippen LogP contribution in [0.3, 0.4) is 0 Å². The summed E-state index contributed by atoms with van der Waals surface area (Å²) >= 11 is 0. The van der Waals surface area contributed by atoms with Gasteiger partial charge in [-0.3, -0.25) is 9.59 Å². The second-order valence-corrected chi connectivity index (χ2v) is 9.32. The Morgan fingerprint density at radius 1 is 0.655 bits per heavy atom. The highest BCUT2D eigenvalue weighted by atomic mass is 16.6. The van der Waals surface area contributed by atoms with E-state index in [2.05, 4.69) is 20.8 Å². The molecule has 172 valence electrons. The van der Waals surface area contributed by atoms with Gasteiger partial charge in [0.1, 0.15) is 0 Å². The molecule has 0 fully saturated rings. The third-order valence-electron chi connectivity index (χ3n) is 5.41. The van der Waals surface area contributed by atoms with E-state index in [4.69, 9.17) is 9.47 Å². The quantitative estimate of drug-likeness (QED) is 0.127. The average Bonchev–Trinajstić information content (AvgIpc) is 2.68. The van der Waals surface area contributed by atoms with Crippen LogP contribution < -0.4 is 0 Å². The molecule has 0 rings (SSSR count). The van der Waals surface area contributed by atoms with E-state index in [0.717, 1.165) is 25.7 Å². The van der Waals surface area contributed by atoms with Crippen LogP contribution in [0.25, 0.3) is 0 Å². The number of ether oxygens (including phenoxy) is 2. The van der Waals surface area contributed by atoms with Crippen molar-refractivity contribution in [3.8, 4) is 0 Å². The Hall–Kier alpha value is -1.06. The van der Waals surface area contributed by atoms with Gasteiger partial charge in [-0.2, -0.15) is 0 Å². The number of hydrogen-bond acceptors (Lipinski definition) is 4. The first-order valence-electron chi connectivity index (χ1n) is 12.2. The first-order chi connectivity index (χ1) is 13.8. The van der Waals surface area contributed by atoms with Gasteiger partial charge in [-0.25, -0.2) is 0 Å². The Kier molecular flexibility index (Phi) is 17.1. The molecule has 0 heterocycles. The van der Waals surface area contributed by atoms with Crippen molar-refractivity contribution in [2.45, 2.75) is 125 Å². The van der Waals surface area contributed by atoms with Crippen LogP contribution in [0.15, 0.2) is 0 Å². The molecule has 0 amide bonds. The molecule has 0 aliphatic rings. The fraction of sp³-hybridized carbons (Fsp3) is 0.920. The lowest BCUT2D eigenvalue weighted by Crippen LogP contribution is -2.37. The lowest BCUT2D eigenvalue weighted by Gasteiger charge is -2.21. The normalized spacial score (nSPS) is 11.7. The predicted octanol–water partition coefficient (Wildman–Crippen LogP) is 7.24. The molecule has 0 atom stereocenters. The van der Waals surface area contributed by atoms with Gasteiger partial charge in [-0.1, -0.05) is 91.4 Å². The van der Waals surface area contributed by atoms with Gasteiger partial charge < -0.3 is 9.47 Å². The van der Waals surface area contributed by atoms with Gasteiger partial charge in [0.25, 0.3) is 0 Å². The number of carbonyl (C=O) groups excluding carboxylic acids is 2. The standard InChI is InChI=1S/C25H48O4/c1-6-7-8-9-10-11-12-13-14-15-16-17-20-28-23(26)25(4,5)24(27)29-21-18-19-22(2)3/h22H,6-21H2,1-5H3. The fourth-order valence-electron chi connectivity index (χ4n) is 3.21.